The van der Waals surface area contributed by atoms with Crippen LogP contribution in [0, 0.1) is 0 Å². The minimum absolute atomic E-state index is 0.138. The van der Waals surface area contributed by atoms with Gasteiger partial charge in [-0.3, -0.25) is 4.79 Å². The molecule has 1 amide bonds. The van der Waals surface area contributed by atoms with Gasteiger partial charge in [-0.15, -0.1) is 0 Å². The van der Waals surface area contributed by atoms with Crippen molar-refractivity contribution in [2.45, 2.75) is 37.0 Å². The summed E-state index contributed by atoms with van der Waals surface area (Å²) in [6.45, 7) is 3.93. The van der Waals surface area contributed by atoms with Gasteiger partial charge in [0.05, 0.1) is 22.8 Å². The lowest BCUT2D eigenvalue weighted by Gasteiger charge is -2.24. The summed E-state index contributed by atoms with van der Waals surface area (Å²) in [5.41, 5.74) is 0.539. The third-order valence-corrected chi connectivity index (χ3v) is 5.28. The van der Waals surface area contributed by atoms with Crippen LogP contribution < -0.4 is 10.6 Å². The predicted molar refractivity (Wildman–Crippen MR) is 85.2 cm³/mol. The molecule has 21 heavy (non-hydrogen) atoms. The van der Waals surface area contributed by atoms with Gasteiger partial charge >= 0.3 is 0 Å². The van der Waals surface area contributed by atoms with Crippen LogP contribution in [0.3, 0.4) is 0 Å². The Balaban J connectivity index is 1.72. The molecule has 1 N–H and O–H groups in total. The number of hydrogen-bond donors (Lipinski definition) is 1. The number of aliphatic hydroxyl groups is 1. The van der Waals surface area contributed by atoms with Crippen LogP contribution in [0.25, 0.3) is 6.58 Å². The van der Waals surface area contributed by atoms with Crippen molar-refractivity contribution in [3.05, 3.63) is 34.3 Å². The van der Waals surface area contributed by atoms with Crippen molar-refractivity contribution in [1.82, 2.24) is 0 Å². The second kappa shape index (κ2) is 6.12. The Morgan fingerprint density at radius 1 is 1.24 bits per heavy atom. The Hall–Kier alpha value is -1.46. The highest BCUT2D eigenvalue weighted by Gasteiger charge is 2.21. The van der Waals surface area contributed by atoms with Gasteiger partial charge in [-0.05, 0) is 37.0 Å². The average Bonchev–Trinajstić information content (AvgIpc) is 2.48. The number of aliphatic hydroxyl groups excluding tert-OH is 1. The SMILES string of the molecule is C=c1cccc2c1=NC(CSC1CCC(O)CC1)=NC2=O. The van der Waals surface area contributed by atoms with Crippen LogP contribution in [-0.4, -0.2) is 34.0 Å². The Bertz CT molecular complexity index is 691. The maximum atomic E-state index is 12.0. The van der Waals surface area contributed by atoms with Crippen molar-refractivity contribution < 1.29 is 9.90 Å². The third kappa shape index (κ3) is 3.24. The summed E-state index contributed by atoms with van der Waals surface area (Å²) < 4.78 is 0. The van der Waals surface area contributed by atoms with Gasteiger partial charge in [-0.2, -0.15) is 16.8 Å². The first-order valence-electron chi connectivity index (χ1n) is 7.22. The van der Waals surface area contributed by atoms with E-state index in [9.17, 15) is 9.90 Å². The lowest BCUT2D eigenvalue weighted by Crippen LogP contribution is -2.34. The van der Waals surface area contributed by atoms with E-state index in [-0.39, 0.29) is 12.0 Å². The van der Waals surface area contributed by atoms with Gasteiger partial charge in [-0.25, -0.2) is 4.99 Å². The maximum Gasteiger partial charge on any atom is 0.280 e. The Kier molecular flexibility index (Phi) is 4.22. The van der Waals surface area contributed by atoms with Crippen LogP contribution in [0.2, 0.25) is 0 Å². The molecule has 0 spiro atoms. The van der Waals surface area contributed by atoms with E-state index in [4.69, 9.17) is 0 Å². The predicted octanol–water partition coefficient (Wildman–Crippen LogP) is 1.31. The van der Waals surface area contributed by atoms with Gasteiger partial charge in [0.15, 0.2) is 0 Å². The molecule has 110 valence electrons. The molecule has 1 aliphatic heterocycles. The highest BCUT2D eigenvalue weighted by atomic mass is 32.2. The smallest absolute Gasteiger partial charge is 0.280 e. The number of fused-ring (bicyclic) bond motifs is 1. The molecule has 0 bridgehead atoms. The van der Waals surface area contributed by atoms with E-state index >= 15 is 0 Å². The molecule has 1 aromatic rings. The van der Waals surface area contributed by atoms with Crippen molar-refractivity contribution in [3.63, 3.8) is 0 Å². The van der Waals surface area contributed by atoms with Crippen molar-refractivity contribution >= 4 is 30.1 Å². The molecule has 3 rings (SSSR count). The molecule has 1 saturated carbocycles. The number of amidine groups is 1. The average molecular weight is 302 g/mol. The number of aliphatic imine (C=N–C) groups is 1. The largest absolute Gasteiger partial charge is 0.393 e. The first kappa shape index (κ1) is 14.5. The monoisotopic (exact) mass is 302 g/mol. The van der Waals surface area contributed by atoms with Crippen LogP contribution in [0.15, 0.2) is 28.2 Å². The van der Waals surface area contributed by atoms with Crippen molar-refractivity contribution in [2.75, 3.05) is 5.75 Å². The summed E-state index contributed by atoms with van der Waals surface area (Å²) in [5.74, 6) is 1.00. The van der Waals surface area contributed by atoms with Gasteiger partial charge in [0.2, 0.25) is 0 Å². The molecule has 2 aliphatic rings. The number of nitrogens with zero attached hydrogens (tertiary/aromatic N) is 2. The van der Waals surface area contributed by atoms with E-state index < -0.39 is 0 Å². The summed E-state index contributed by atoms with van der Waals surface area (Å²) in [6.07, 6.45) is 3.63. The fourth-order valence-corrected chi connectivity index (χ4v) is 3.82. The molecule has 4 nitrogen and oxygen atoms in total. The van der Waals surface area contributed by atoms with Crippen LogP contribution in [0.5, 0.6) is 0 Å². The van der Waals surface area contributed by atoms with E-state index in [1.807, 2.05) is 6.07 Å². The van der Waals surface area contributed by atoms with Gasteiger partial charge in [0.1, 0.15) is 5.84 Å². The standard InChI is InChI=1S/C16H18N2O2S/c1-10-3-2-4-13-15(10)17-14(18-16(13)20)9-21-12-7-5-11(19)6-8-12/h2-4,11-12,19H,1,5-9H2. The molecule has 1 aliphatic carbocycles. The maximum absolute atomic E-state index is 12.0. The molecule has 0 radical (unpaired) electrons. The summed E-state index contributed by atoms with van der Waals surface area (Å²) in [5, 5.41) is 11.5. The molecule has 0 unspecified atom stereocenters. The summed E-state index contributed by atoms with van der Waals surface area (Å²) in [6, 6.07) is 5.40. The molecule has 5 heteroatoms. The Morgan fingerprint density at radius 3 is 2.76 bits per heavy atom. The first-order chi connectivity index (χ1) is 10.1. The van der Waals surface area contributed by atoms with Crippen LogP contribution in [0.4, 0.5) is 0 Å². The van der Waals surface area contributed by atoms with E-state index in [0.717, 1.165) is 30.9 Å². The summed E-state index contributed by atoms with van der Waals surface area (Å²) in [4.78, 5) is 20.6. The van der Waals surface area contributed by atoms with E-state index in [1.54, 1.807) is 23.9 Å². The van der Waals surface area contributed by atoms with Gasteiger partial charge in [-0.1, -0.05) is 18.7 Å². The van der Waals surface area contributed by atoms with Crippen LogP contribution in [-0.2, 0) is 0 Å². The Morgan fingerprint density at radius 2 is 2.00 bits per heavy atom. The second-order valence-corrected chi connectivity index (χ2v) is 6.79. The zero-order valence-electron chi connectivity index (χ0n) is 11.8. The van der Waals surface area contributed by atoms with Crippen molar-refractivity contribution in [3.8, 4) is 0 Å². The van der Waals surface area contributed by atoms with Gasteiger partial charge < -0.3 is 5.11 Å². The Labute approximate surface area is 127 Å². The molecule has 0 saturated heterocycles. The summed E-state index contributed by atoms with van der Waals surface area (Å²) in [7, 11) is 0. The van der Waals surface area contributed by atoms with Crippen LogP contribution in [0.1, 0.15) is 36.0 Å². The number of carbonyl (C=O) groups excluding carboxylic acids is 1. The molecule has 1 aromatic carbocycles. The fraction of sp³-hybridized carbons (Fsp3) is 0.438. The minimum atomic E-state index is -0.222. The number of benzene rings is 1. The van der Waals surface area contributed by atoms with Crippen molar-refractivity contribution in [2.24, 2.45) is 9.98 Å². The topological polar surface area (TPSA) is 62.0 Å². The van der Waals surface area contributed by atoms with Gasteiger partial charge in [0, 0.05) is 5.25 Å². The normalized spacial score (nSPS) is 25.0. The second-order valence-electron chi connectivity index (χ2n) is 5.50. The van der Waals surface area contributed by atoms with E-state index in [2.05, 4.69) is 16.6 Å². The lowest BCUT2D eigenvalue weighted by molar-refractivity contribution is 0.1000. The molecular formula is C16H18N2O2S. The quantitative estimate of drug-likeness (QED) is 0.915. The molecular weight excluding hydrogens is 284 g/mol. The highest BCUT2D eigenvalue weighted by Crippen LogP contribution is 2.28. The number of hydrogen-bond acceptors (Lipinski definition) is 4. The number of thioether (sulfide) groups is 1. The first-order valence-corrected chi connectivity index (χ1v) is 8.26. The third-order valence-electron chi connectivity index (χ3n) is 3.91. The van der Waals surface area contributed by atoms with E-state index in [0.29, 0.717) is 27.8 Å². The zero-order valence-corrected chi connectivity index (χ0v) is 12.6. The van der Waals surface area contributed by atoms with Crippen LogP contribution >= 0.6 is 11.8 Å². The number of para-hydroxylation sites is 1. The molecule has 1 fully saturated rings. The number of carbonyl (C=O) groups is 1. The molecule has 0 atom stereocenters. The highest BCUT2D eigenvalue weighted by molar-refractivity contribution is 8.00. The van der Waals surface area contributed by atoms with E-state index in [1.165, 1.54) is 0 Å². The fourth-order valence-electron chi connectivity index (χ4n) is 2.70. The minimum Gasteiger partial charge on any atom is -0.393 e. The summed E-state index contributed by atoms with van der Waals surface area (Å²) >= 11 is 1.78. The number of amides is 1. The molecule has 1 heterocycles. The van der Waals surface area contributed by atoms with Gasteiger partial charge in [0.25, 0.3) is 5.91 Å². The molecule has 0 aromatic heterocycles. The zero-order chi connectivity index (χ0) is 14.8. The van der Waals surface area contributed by atoms with Crippen molar-refractivity contribution in [1.29, 1.82) is 0 Å². The lowest BCUT2D eigenvalue weighted by atomic mass is 9.97. The number of rotatable bonds is 3.